The smallest absolute Gasteiger partial charge is 0.127 e. The molecule has 0 aliphatic carbocycles. The number of hydrogen-bond acceptors (Lipinski definition) is 3. The van der Waals surface area contributed by atoms with E-state index >= 15 is 0 Å². The maximum absolute atomic E-state index is 5.35. The van der Waals surface area contributed by atoms with E-state index in [0.29, 0.717) is 0 Å². The highest BCUT2D eigenvalue weighted by atomic mass is 35.5. The molecular weight excluding hydrogens is 250 g/mol. The van der Waals surface area contributed by atoms with Crippen molar-refractivity contribution in [2.45, 2.75) is 26.8 Å². The van der Waals surface area contributed by atoms with Crippen LogP contribution in [0.5, 0.6) is 11.5 Å². The van der Waals surface area contributed by atoms with Crippen molar-refractivity contribution < 1.29 is 9.47 Å². The largest absolute Gasteiger partial charge is 0.497 e. The van der Waals surface area contributed by atoms with Gasteiger partial charge in [-0.3, -0.25) is 0 Å². The fraction of sp³-hybridized carbons (Fsp3) is 0.571. The summed E-state index contributed by atoms with van der Waals surface area (Å²) in [5, 5.41) is 3.42. The molecule has 0 saturated heterocycles. The first kappa shape index (κ1) is 17.1. The van der Waals surface area contributed by atoms with Gasteiger partial charge >= 0.3 is 0 Å². The van der Waals surface area contributed by atoms with Crippen LogP contribution in [0.15, 0.2) is 18.2 Å². The number of methoxy groups -OCH3 is 2. The monoisotopic (exact) mass is 273 g/mol. The van der Waals surface area contributed by atoms with Gasteiger partial charge in [0.05, 0.1) is 14.2 Å². The van der Waals surface area contributed by atoms with Crippen LogP contribution in [-0.4, -0.2) is 20.8 Å². The Balaban J connectivity index is 0.00000289. The molecule has 0 spiro atoms. The summed E-state index contributed by atoms with van der Waals surface area (Å²) in [5.74, 6) is 2.44. The summed E-state index contributed by atoms with van der Waals surface area (Å²) in [7, 11) is 3.35. The van der Waals surface area contributed by atoms with Crippen molar-refractivity contribution >= 4 is 12.4 Å². The van der Waals surface area contributed by atoms with Crippen molar-refractivity contribution in [3.05, 3.63) is 23.8 Å². The lowest BCUT2D eigenvalue weighted by atomic mass is 10.1. The van der Waals surface area contributed by atoms with Crippen LogP contribution in [-0.2, 0) is 6.54 Å². The molecular formula is C14H24ClNO2. The first-order valence-electron chi connectivity index (χ1n) is 6.09. The molecule has 18 heavy (non-hydrogen) atoms. The third-order valence-corrected chi connectivity index (χ3v) is 2.71. The van der Waals surface area contributed by atoms with Crippen molar-refractivity contribution in [2.24, 2.45) is 5.92 Å². The fourth-order valence-electron chi connectivity index (χ4n) is 1.61. The molecule has 0 aliphatic heterocycles. The Labute approximate surface area is 116 Å². The van der Waals surface area contributed by atoms with Crippen molar-refractivity contribution in [1.82, 2.24) is 5.32 Å². The van der Waals surface area contributed by atoms with Gasteiger partial charge in [-0.05, 0) is 24.9 Å². The summed E-state index contributed by atoms with van der Waals surface area (Å²) in [6.07, 6.45) is 1.19. The zero-order valence-corrected chi connectivity index (χ0v) is 12.5. The summed E-state index contributed by atoms with van der Waals surface area (Å²) in [6.45, 7) is 6.33. The topological polar surface area (TPSA) is 30.5 Å². The van der Waals surface area contributed by atoms with Crippen LogP contribution in [0.2, 0.25) is 0 Å². The van der Waals surface area contributed by atoms with Gasteiger partial charge in [0, 0.05) is 18.2 Å². The molecule has 4 heteroatoms. The molecule has 0 bridgehead atoms. The van der Waals surface area contributed by atoms with Crippen LogP contribution in [0.4, 0.5) is 0 Å². The Morgan fingerprint density at radius 3 is 2.44 bits per heavy atom. The van der Waals surface area contributed by atoms with E-state index in [9.17, 15) is 0 Å². The van der Waals surface area contributed by atoms with Gasteiger partial charge in [-0.15, -0.1) is 12.4 Å². The van der Waals surface area contributed by atoms with E-state index in [4.69, 9.17) is 9.47 Å². The molecule has 1 aromatic rings. The van der Waals surface area contributed by atoms with E-state index in [1.54, 1.807) is 14.2 Å². The second-order valence-corrected chi connectivity index (χ2v) is 4.54. The fourth-order valence-corrected chi connectivity index (χ4v) is 1.61. The van der Waals surface area contributed by atoms with E-state index in [1.807, 2.05) is 18.2 Å². The normalized spacial score (nSPS) is 10.1. The molecule has 0 saturated carbocycles. The maximum Gasteiger partial charge on any atom is 0.127 e. The molecule has 0 aromatic heterocycles. The number of ether oxygens (including phenoxy) is 2. The van der Waals surface area contributed by atoms with E-state index in [1.165, 1.54) is 6.42 Å². The van der Waals surface area contributed by atoms with Crippen LogP contribution in [0.3, 0.4) is 0 Å². The van der Waals surface area contributed by atoms with Gasteiger partial charge in [-0.1, -0.05) is 19.9 Å². The molecule has 0 amide bonds. The highest BCUT2D eigenvalue weighted by Crippen LogP contribution is 2.24. The van der Waals surface area contributed by atoms with Gasteiger partial charge in [-0.25, -0.2) is 0 Å². The van der Waals surface area contributed by atoms with Crippen molar-refractivity contribution in [3.8, 4) is 11.5 Å². The molecule has 0 unspecified atom stereocenters. The summed E-state index contributed by atoms with van der Waals surface area (Å²) >= 11 is 0. The highest BCUT2D eigenvalue weighted by Gasteiger charge is 2.04. The predicted molar refractivity (Wildman–Crippen MR) is 78.0 cm³/mol. The summed E-state index contributed by atoms with van der Waals surface area (Å²) in [5.41, 5.74) is 1.16. The van der Waals surface area contributed by atoms with Crippen molar-refractivity contribution in [1.29, 1.82) is 0 Å². The lowest BCUT2D eigenvalue weighted by molar-refractivity contribution is 0.389. The molecule has 104 valence electrons. The number of rotatable bonds is 7. The second kappa shape index (κ2) is 9.06. The SMILES string of the molecule is COc1ccc(CNCCC(C)C)c(OC)c1.Cl. The van der Waals surface area contributed by atoms with E-state index in [2.05, 4.69) is 19.2 Å². The third kappa shape index (κ3) is 5.61. The van der Waals surface area contributed by atoms with Crippen LogP contribution < -0.4 is 14.8 Å². The highest BCUT2D eigenvalue weighted by molar-refractivity contribution is 5.85. The van der Waals surface area contributed by atoms with Crippen LogP contribution in [0.25, 0.3) is 0 Å². The first-order valence-corrected chi connectivity index (χ1v) is 6.09. The van der Waals surface area contributed by atoms with Crippen molar-refractivity contribution in [3.63, 3.8) is 0 Å². The predicted octanol–water partition coefficient (Wildman–Crippen LogP) is 3.26. The van der Waals surface area contributed by atoms with E-state index < -0.39 is 0 Å². The van der Waals surface area contributed by atoms with Crippen LogP contribution in [0.1, 0.15) is 25.8 Å². The van der Waals surface area contributed by atoms with Gasteiger partial charge in [-0.2, -0.15) is 0 Å². The number of nitrogens with one attached hydrogen (secondary N) is 1. The Bertz CT molecular complexity index is 343. The molecule has 3 nitrogen and oxygen atoms in total. The molecule has 0 aliphatic rings. The lowest BCUT2D eigenvalue weighted by Crippen LogP contribution is -2.16. The molecule has 0 atom stereocenters. The Kier molecular flexibility index (Phi) is 8.59. The van der Waals surface area contributed by atoms with Gasteiger partial charge < -0.3 is 14.8 Å². The first-order chi connectivity index (χ1) is 8.17. The zero-order valence-electron chi connectivity index (χ0n) is 11.7. The quantitative estimate of drug-likeness (QED) is 0.774. The average Bonchev–Trinajstić information content (AvgIpc) is 2.34. The number of benzene rings is 1. The third-order valence-electron chi connectivity index (χ3n) is 2.71. The molecule has 1 rings (SSSR count). The Morgan fingerprint density at radius 1 is 1.17 bits per heavy atom. The van der Waals surface area contributed by atoms with Crippen LogP contribution >= 0.6 is 12.4 Å². The second-order valence-electron chi connectivity index (χ2n) is 4.54. The minimum atomic E-state index is 0. The van der Waals surface area contributed by atoms with Gasteiger partial charge in [0.2, 0.25) is 0 Å². The molecule has 0 radical (unpaired) electrons. The Morgan fingerprint density at radius 2 is 1.89 bits per heavy atom. The molecule has 0 heterocycles. The zero-order chi connectivity index (χ0) is 12.7. The minimum Gasteiger partial charge on any atom is -0.497 e. The standard InChI is InChI=1S/C14H23NO2.ClH/c1-11(2)7-8-15-10-12-5-6-13(16-3)9-14(12)17-4;/h5-6,9,11,15H,7-8,10H2,1-4H3;1H. The number of hydrogen-bond donors (Lipinski definition) is 1. The summed E-state index contributed by atoms with van der Waals surface area (Å²) in [6, 6.07) is 5.92. The lowest BCUT2D eigenvalue weighted by Gasteiger charge is -2.11. The maximum atomic E-state index is 5.35. The summed E-state index contributed by atoms with van der Waals surface area (Å²) in [4.78, 5) is 0. The van der Waals surface area contributed by atoms with Crippen molar-refractivity contribution in [2.75, 3.05) is 20.8 Å². The van der Waals surface area contributed by atoms with Gasteiger partial charge in [0.25, 0.3) is 0 Å². The van der Waals surface area contributed by atoms with Gasteiger partial charge in [0.1, 0.15) is 11.5 Å². The van der Waals surface area contributed by atoms with E-state index in [-0.39, 0.29) is 12.4 Å². The minimum absolute atomic E-state index is 0. The van der Waals surface area contributed by atoms with Crippen LogP contribution in [0, 0.1) is 5.92 Å². The Hall–Kier alpha value is -0.930. The number of halogens is 1. The molecule has 0 fully saturated rings. The summed E-state index contributed by atoms with van der Waals surface area (Å²) < 4.78 is 10.5. The molecule has 1 N–H and O–H groups in total. The average molecular weight is 274 g/mol. The molecule has 1 aromatic carbocycles. The van der Waals surface area contributed by atoms with Gasteiger partial charge in [0.15, 0.2) is 0 Å². The van der Waals surface area contributed by atoms with E-state index in [0.717, 1.165) is 36.1 Å².